The van der Waals surface area contributed by atoms with Crippen molar-refractivity contribution in [3.63, 3.8) is 0 Å². The van der Waals surface area contributed by atoms with Crippen molar-refractivity contribution < 1.29 is 35.9 Å². The number of Topliss-reactive ketones (excluding diaryl/α,β-unsaturated/α-hetero) is 2. The minimum atomic E-state index is -5.00. The van der Waals surface area contributed by atoms with Gasteiger partial charge in [0, 0.05) is 22.6 Å². The van der Waals surface area contributed by atoms with Crippen molar-refractivity contribution in [3.05, 3.63) is 70.8 Å². The van der Waals surface area contributed by atoms with Crippen LogP contribution in [-0.4, -0.2) is 46.7 Å². The topological polar surface area (TPSA) is 84.9 Å². The lowest BCUT2D eigenvalue weighted by Gasteiger charge is -2.17. The molecule has 1 heterocycles. The summed E-state index contributed by atoms with van der Waals surface area (Å²) in [6.07, 6.45) is -10.00. The summed E-state index contributed by atoms with van der Waals surface area (Å²) >= 11 is 2.17. The predicted molar refractivity (Wildman–Crippen MR) is 135 cm³/mol. The van der Waals surface area contributed by atoms with Crippen LogP contribution in [0.25, 0.3) is 0 Å². The normalized spacial score (nSPS) is 14.9. The molecule has 0 fully saturated rings. The lowest BCUT2D eigenvalue weighted by atomic mass is 10.0. The maximum absolute atomic E-state index is 12.9. The molecule has 0 saturated carbocycles. The second-order valence-electron chi connectivity index (χ2n) is 7.92. The van der Waals surface area contributed by atoms with E-state index in [1.165, 1.54) is 43.4 Å². The number of aliphatic imine (C=N–C) groups is 2. The predicted octanol–water partition coefficient (Wildman–Crippen LogP) is 6.46. The smallest absolute Gasteiger partial charge is 0.333 e. The van der Waals surface area contributed by atoms with Crippen LogP contribution in [0, 0.1) is 0 Å². The Kier molecular flexibility index (Phi) is 10.1. The van der Waals surface area contributed by atoms with E-state index in [1.807, 2.05) is 0 Å². The first-order valence-electron chi connectivity index (χ1n) is 10.6. The summed E-state index contributed by atoms with van der Waals surface area (Å²) < 4.78 is 77.4. The minimum Gasteiger partial charge on any atom is -0.333 e. The minimum absolute atomic E-state index is 0.0112. The number of carbonyl (C=O) groups excluding carboxylic acids is 2. The number of amidine groups is 1. The molecule has 0 aliphatic carbocycles. The number of nitrogens with zero attached hydrogens (tertiary/aromatic N) is 2. The molecule has 0 bridgehead atoms. The Labute approximate surface area is 218 Å². The summed E-state index contributed by atoms with van der Waals surface area (Å²) in [4.78, 5) is 32.3. The summed E-state index contributed by atoms with van der Waals surface area (Å²) in [5.41, 5.74) is 3.16. The van der Waals surface area contributed by atoms with E-state index >= 15 is 0 Å². The van der Waals surface area contributed by atoms with Gasteiger partial charge in [0.1, 0.15) is 10.6 Å². The van der Waals surface area contributed by atoms with Crippen LogP contribution < -0.4 is 5.73 Å². The van der Waals surface area contributed by atoms with Gasteiger partial charge in [-0.2, -0.15) is 26.3 Å². The quantitative estimate of drug-likeness (QED) is 0.322. The summed E-state index contributed by atoms with van der Waals surface area (Å²) in [6, 6.07) is 10.8. The highest BCUT2D eigenvalue weighted by Crippen LogP contribution is 2.34. The molecule has 1 aliphatic heterocycles. The van der Waals surface area contributed by atoms with E-state index in [-0.39, 0.29) is 27.8 Å². The van der Waals surface area contributed by atoms with Gasteiger partial charge >= 0.3 is 12.4 Å². The van der Waals surface area contributed by atoms with Crippen LogP contribution in [0.4, 0.5) is 26.3 Å². The summed E-state index contributed by atoms with van der Waals surface area (Å²) in [5.74, 6) is -3.82. The molecule has 5 nitrogen and oxygen atoms in total. The van der Waals surface area contributed by atoms with Crippen LogP contribution in [0.5, 0.6) is 0 Å². The molecular formula is C24H23F6N3O2S2. The van der Waals surface area contributed by atoms with Crippen molar-refractivity contribution in [2.45, 2.75) is 43.2 Å². The highest BCUT2D eigenvalue weighted by atomic mass is 32.2. The van der Waals surface area contributed by atoms with Crippen LogP contribution in [-0.2, 0) is 11.5 Å². The average Bonchev–Trinajstić information content (AvgIpc) is 3.14. The van der Waals surface area contributed by atoms with Crippen molar-refractivity contribution in [1.29, 1.82) is 0 Å². The molecule has 2 aromatic rings. The van der Waals surface area contributed by atoms with Gasteiger partial charge in [-0.1, -0.05) is 60.3 Å². The third kappa shape index (κ3) is 7.92. The standard InChI is InChI=1S/C23H18F6N2O2S2.CH5N/c1-21(2)19(34-11-13-7-3-5-9-15(13)17(32)22(24,25)26)30-20(31-21)35-12-14-8-4-6-10-16(14)18(33)23(27,28)29;1-2/h3-10H,11-12H2,1-2H3;2H2,1H3. The van der Waals surface area contributed by atoms with Gasteiger partial charge in [0.25, 0.3) is 11.6 Å². The van der Waals surface area contributed by atoms with Crippen molar-refractivity contribution >= 4 is 45.3 Å². The second kappa shape index (κ2) is 12.3. The Balaban J connectivity index is 0.00000235. The Morgan fingerprint density at radius 2 is 1.19 bits per heavy atom. The molecule has 0 atom stereocenters. The van der Waals surface area contributed by atoms with Crippen LogP contribution in [0.3, 0.4) is 0 Å². The molecular weight excluding hydrogens is 540 g/mol. The van der Waals surface area contributed by atoms with Crippen LogP contribution in [0.1, 0.15) is 45.7 Å². The van der Waals surface area contributed by atoms with Crippen molar-refractivity contribution in [2.75, 3.05) is 7.05 Å². The first-order chi connectivity index (χ1) is 17.2. The number of hydrogen-bond donors (Lipinski definition) is 1. The van der Waals surface area contributed by atoms with Gasteiger partial charge in [-0.3, -0.25) is 9.59 Å². The molecule has 0 saturated heterocycles. The molecule has 3 rings (SSSR count). The van der Waals surface area contributed by atoms with Crippen LogP contribution >= 0.6 is 23.5 Å². The van der Waals surface area contributed by atoms with Gasteiger partial charge in [-0.15, -0.1) is 11.8 Å². The number of thioether (sulfide) groups is 2. The SMILES string of the molecule is CC1(C)N=C(SCc2ccccc2C(=O)C(F)(F)F)N=C1SCc1ccccc1C(=O)C(F)(F)F.CN. The number of nitrogens with two attached hydrogens (primary N) is 1. The molecule has 2 aromatic carbocycles. The number of hydrogen-bond acceptors (Lipinski definition) is 7. The number of rotatable bonds is 6. The second-order valence-corrected chi connectivity index (χ2v) is 9.82. The maximum atomic E-state index is 12.9. The van der Waals surface area contributed by atoms with E-state index in [9.17, 15) is 35.9 Å². The fourth-order valence-electron chi connectivity index (χ4n) is 3.14. The zero-order valence-corrected chi connectivity index (χ0v) is 21.5. The van der Waals surface area contributed by atoms with E-state index in [0.29, 0.717) is 5.04 Å². The molecule has 13 heteroatoms. The lowest BCUT2D eigenvalue weighted by Crippen LogP contribution is -2.25. The van der Waals surface area contributed by atoms with E-state index in [0.717, 1.165) is 35.7 Å². The Hall–Kier alpha value is -2.64. The van der Waals surface area contributed by atoms with E-state index in [1.54, 1.807) is 13.8 Å². The van der Waals surface area contributed by atoms with Crippen molar-refractivity contribution in [2.24, 2.45) is 15.7 Å². The van der Waals surface area contributed by atoms with E-state index in [4.69, 9.17) is 0 Å². The number of carbonyl (C=O) groups is 2. The molecule has 2 N–H and O–H groups in total. The van der Waals surface area contributed by atoms with Gasteiger partial charge < -0.3 is 5.73 Å². The molecule has 200 valence electrons. The number of halogens is 6. The fraction of sp³-hybridized carbons (Fsp3) is 0.333. The van der Waals surface area contributed by atoms with Gasteiger partial charge in [0.15, 0.2) is 5.17 Å². The van der Waals surface area contributed by atoms with E-state index < -0.39 is 40.6 Å². The van der Waals surface area contributed by atoms with E-state index in [2.05, 4.69) is 15.7 Å². The maximum Gasteiger partial charge on any atom is 0.454 e. The van der Waals surface area contributed by atoms with Crippen molar-refractivity contribution in [3.8, 4) is 0 Å². The molecule has 0 spiro atoms. The molecule has 1 aliphatic rings. The molecule has 37 heavy (non-hydrogen) atoms. The summed E-state index contributed by atoms with van der Waals surface area (Å²) in [5, 5.41) is 0.750. The molecule has 0 amide bonds. The van der Waals surface area contributed by atoms with Crippen molar-refractivity contribution in [1.82, 2.24) is 0 Å². The highest BCUT2D eigenvalue weighted by molar-refractivity contribution is 8.15. The average molecular weight is 564 g/mol. The Morgan fingerprint density at radius 1 is 0.784 bits per heavy atom. The third-order valence-corrected chi connectivity index (χ3v) is 7.07. The van der Waals surface area contributed by atoms with Crippen LogP contribution in [0.15, 0.2) is 58.5 Å². The molecule has 0 radical (unpaired) electrons. The van der Waals surface area contributed by atoms with Gasteiger partial charge in [-0.25, -0.2) is 9.98 Å². The lowest BCUT2D eigenvalue weighted by molar-refractivity contribution is -0.0888. The Morgan fingerprint density at radius 3 is 1.62 bits per heavy atom. The number of ketones is 2. The zero-order chi connectivity index (χ0) is 28.0. The highest BCUT2D eigenvalue weighted by Gasteiger charge is 2.41. The first-order valence-corrected chi connectivity index (χ1v) is 12.6. The Bertz CT molecular complexity index is 1210. The third-order valence-electron chi connectivity index (χ3n) is 4.86. The zero-order valence-electron chi connectivity index (χ0n) is 19.9. The van der Waals surface area contributed by atoms with Gasteiger partial charge in [-0.05, 0) is 32.0 Å². The fourth-order valence-corrected chi connectivity index (χ4v) is 5.27. The largest absolute Gasteiger partial charge is 0.454 e. The number of alkyl halides is 6. The monoisotopic (exact) mass is 563 g/mol. The first kappa shape index (κ1) is 30.6. The summed E-state index contributed by atoms with van der Waals surface area (Å²) in [6.45, 7) is 3.47. The molecule has 0 unspecified atom stereocenters. The number of benzene rings is 2. The molecule has 0 aromatic heterocycles. The van der Waals surface area contributed by atoms with Gasteiger partial charge in [0.2, 0.25) is 0 Å². The summed E-state index contributed by atoms with van der Waals surface area (Å²) in [7, 11) is 1.50. The van der Waals surface area contributed by atoms with Gasteiger partial charge in [0.05, 0.1) is 0 Å². The van der Waals surface area contributed by atoms with Crippen LogP contribution in [0.2, 0.25) is 0 Å².